The van der Waals surface area contributed by atoms with Crippen LogP contribution in [0.15, 0.2) is 36.5 Å². The number of H-pyrrole nitrogens is 1. The summed E-state index contributed by atoms with van der Waals surface area (Å²) in [6.07, 6.45) is 1.98. The van der Waals surface area contributed by atoms with E-state index in [9.17, 15) is 0 Å². The molecular formula is C24H28N6OS. The number of likely N-dealkylation sites (N-methyl/N-ethyl adjacent to an activating group) is 1. The van der Waals surface area contributed by atoms with Gasteiger partial charge in [-0.05, 0) is 25.2 Å². The fraction of sp³-hybridized carbons (Fsp3) is 0.417. The zero-order valence-corrected chi connectivity index (χ0v) is 19.2. The van der Waals surface area contributed by atoms with Crippen molar-refractivity contribution in [1.29, 1.82) is 0 Å². The molecule has 32 heavy (non-hydrogen) atoms. The number of benzene rings is 1. The second-order valence-corrected chi connectivity index (χ2v) is 9.84. The first-order valence-electron chi connectivity index (χ1n) is 11.4. The summed E-state index contributed by atoms with van der Waals surface area (Å²) in [5.41, 5.74) is 2.19. The van der Waals surface area contributed by atoms with Gasteiger partial charge in [0.25, 0.3) is 0 Å². The van der Waals surface area contributed by atoms with Crippen LogP contribution in [0.2, 0.25) is 0 Å². The largest absolute Gasteiger partial charge is 0.378 e. The molecular weight excluding hydrogens is 420 g/mol. The first kappa shape index (κ1) is 20.1. The Labute approximate surface area is 191 Å². The lowest BCUT2D eigenvalue weighted by atomic mass is 10.1. The predicted octanol–water partition coefficient (Wildman–Crippen LogP) is 3.42. The molecule has 3 aromatic heterocycles. The number of aromatic nitrogens is 3. The maximum Gasteiger partial charge on any atom is 0.163 e. The van der Waals surface area contributed by atoms with E-state index in [2.05, 4.69) is 57.1 Å². The Kier molecular flexibility index (Phi) is 5.30. The van der Waals surface area contributed by atoms with Crippen molar-refractivity contribution in [3.63, 3.8) is 0 Å². The smallest absolute Gasteiger partial charge is 0.163 e. The van der Waals surface area contributed by atoms with E-state index in [1.807, 2.05) is 17.5 Å². The van der Waals surface area contributed by atoms with Crippen LogP contribution in [0.3, 0.4) is 0 Å². The zero-order valence-electron chi connectivity index (χ0n) is 18.4. The minimum atomic E-state index is 0.743. The fourth-order valence-electron chi connectivity index (χ4n) is 4.68. The van der Waals surface area contributed by atoms with Crippen molar-refractivity contribution in [3.8, 4) is 11.4 Å². The molecule has 0 atom stereocenters. The SMILES string of the molecule is CN1CCN(Cc2cc3c(N4CCOCC4)nc(-c4cccc5[nH]ccc45)nc3s2)CC1. The number of hydrogen-bond donors (Lipinski definition) is 1. The Balaban J connectivity index is 1.43. The molecule has 0 spiro atoms. The maximum absolute atomic E-state index is 5.61. The number of ether oxygens (including phenoxy) is 1. The van der Waals surface area contributed by atoms with Gasteiger partial charge in [0, 0.05) is 73.4 Å². The molecule has 166 valence electrons. The lowest BCUT2D eigenvalue weighted by Gasteiger charge is -2.31. The highest BCUT2D eigenvalue weighted by molar-refractivity contribution is 7.18. The second-order valence-electron chi connectivity index (χ2n) is 8.73. The highest BCUT2D eigenvalue weighted by Gasteiger charge is 2.22. The van der Waals surface area contributed by atoms with Gasteiger partial charge in [0.15, 0.2) is 5.82 Å². The van der Waals surface area contributed by atoms with Crippen LogP contribution in [0.5, 0.6) is 0 Å². The third-order valence-corrected chi connectivity index (χ3v) is 7.56. The highest BCUT2D eigenvalue weighted by atomic mass is 32.1. The van der Waals surface area contributed by atoms with Gasteiger partial charge < -0.3 is 19.5 Å². The molecule has 8 heteroatoms. The lowest BCUT2D eigenvalue weighted by molar-refractivity contribution is 0.122. The lowest BCUT2D eigenvalue weighted by Crippen LogP contribution is -2.43. The van der Waals surface area contributed by atoms with Gasteiger partial charge in [0.05, 0.1) is 18.6 Å². The van der Waals surface area contributed by atoms with Crippen molar-refractivity contribution >= 4 is 38.3 Å². The number of aromatic amines is 1. The van der Waals surface area contributed by atoms with Crippen LogP contribution in [0.25, 0.3) is 32.5 Å². The first-order chi connectivity index (χ1) is 15.7. The summed E-state index contributed by atoms with van der Waals surface area (Å²) in [5.74, 6) is 1.85. The van der Waals surface area contributed by atoms with E-state index in [0.717, 1.165) is 92.0 Å². The number of piperazine rings is 1. The second kappa shape index (κ2) is 8.44. The zero-order chi connectivity index (χ0) is 21.5. The summed E-state index contributed by atoms with van der Waals surface area (Å²) < 4.78 is 5.61. The fourth-order valence-corrected chi connectivity index (χ4v) is 5.74. The van der Waals surface area contributed by atoms with E-state index in [0.29, 0.717) is 0 Å². The number of hydrogen-bond acceptors (Lipinski definition) is 7. The van der Waals surface area contributed by atoms with Gasteiger partial charge in [0.2, 0.25) is 0 Å². The van der Waals surface area contributed by atoms with Crippen molar-refractivity contribution in [2.24, 2.45) is 0 Å². The molecule has 1 aromatic carbocycles. The number of nitrogens with one attached hydrogen (secondary N) is 1. The molecule has 2 saturated heterocycles. The molecule has 0 bridgehead atoms. The molecule has 0 radical (unpaired) electrons. The van der Waals surface area contributed by atoms with Gasteiger partial charge in [-0.25, -0.2) is 9.97 Å². The predicted molar refractivity (Wildman–Crippen MR) is 131 cm³/mol. The van der Waals surface area contributed by atoms with Crippen molar-refractivity contribution < 1.29 is 4.74 Å². The van der Waals surface area contributed by atoms with Crippen LogP contribution in [0.1, 0.15) is 4.88 Å². The van der Waals surface area contributed by atoms with E-state index in [1.165, 1.54) is 10.3 Å². The van der Waals surface area contributed by atoms with Crippen molar-refractivity contribution in [2.75, 3.05) is 64.4 Å². The molecule has 0 amide bonds. The third-order valence-electron chi connectivity index (χ3n) is 6.55. The van der Waals surface area contributed by atoms with Gasteiger partial charge in [0.1, 0.15) is 10.6 Å². The van der Waals surface area contributed by atoms with Crippen LogP contribution in [-0.2, 0) is 11.3 Å². The minimum Gasteiger partial charge on any atom is -0.378 e. The summed E-state index contributed by atoms with van der Waals surface area (Å²) in [4.78, 5) is 23.3. The van der Waals surface area contributed by atoms with Gasteiger partial charge in [-0.3, -0.25) is 4.90 Å². The molecule has 5 heterocycles. The summed E-state index contributed by atoms with van der Waals surface area (Å²) >= 11 is 1.81. The van der Waals surface area contributed by atoms with Gasteiger partial charge >= 0.3 is 0 Å². The molecule has 4 aromatic rings. The van der Waals surface area contributed by atoms with Crippen LogP contribution in [0.4, 0.5) is 5.82 Å². The van der Waals surface area contributed by atoms with Crippen LogP contribution >= 0.6 is 11.3 Å². The number of rotatable bonds is 4. The van der Waals surface area contributed by atoms with Gasteiger partial charge in [-0.15, -0.1) is 11.3 Å². The molecule has 7 nitrogen and oxygen atoms in total. The van der Waals surface area contributed by atoms with E-state index in [-0.39, 0.29) is 0 Å². The number of morpholine rings is 1. The number of thiophene rings is 1. The molecule has 0 unspecified atom stereocenters. The van der Waals surface area contributed by atoms with E-state index in [4.69, 9.17) is 14.7 Å². The molecule has 2 fully saturated rings. The monoisotopic (exact) mass is 448 g/mol. The van der Waals surface area contributed by atoms with Crippen LogP contribution < -0.4 is 4.90 Å². The topological polar surface area (TPSA) is 60.5 Å². The standard InChI is InChI=1S/C24H28N6OS/c1-28-7-9-29(10-8-28)16-17-15-20-23(30-11-13-31-14-12-30)26-22(27-24(20)32-17)19-3-2-4-21-18(19)5-6-25-21/h2-6,15,25H,7-14,16H2,1H3. The number of anilines is 1. The summed E-state index contributed by atoms with van der Waals surface area (Å²) in [5, 5.41) is 2.33. The van der Waals surface area contributed by atoms with E-state index < -0.39 is 0 Å². The average Bonchev–Trinajstić information content (AvgIpc) is 3.47. The highest BCUT2D eigenvalue weighted by Crippen LogP contribution is 2.35. The Morgan fingerprint density at radius 3 is 2.69 bits per heavy atom. The van der Waals surface area contributed by atoms with Crippen LogP contribution in [-0.4, -0.2) is 84.3 Å². The minimum absolute atomic E-state index is 0.743. The Morgan fingerprint density at radius 2 is 1.84 bits per heavy atom. The summed E-state index contributed by atoms with van der Waals surface area (Å²) in [7, 11) is 2.20. The van der Waals surface area contributed by atoms with Gasteiger partial charge in [-0.1, -0.05) is 12.1 Å². The Hall–Kier alpha value is -2.52. The van der Waals surface area contributed by atoms with E-state index in [1.54, 1.807) is 0 Å². The molecule has 6 rings (SSSR count). The molecule has 2 aliphatic rings. The van der Waals surface area contributed by atoms with Crippen molar-refractivity contribution in [1.82, 2.24) is 24.8 Å². The average molecular weight is 449 g/mol. The quantitative estimate of drug-likeness (QED) is 0.516. The third kappa shape index (κ3) is 3.77. The van der Waals surface area contributed by atoms with E-state index >= 15 is 0 Å². The van der Waals surface area contributed by atoms with Gasteiger partial charge in [-0.2, -0.15) is 0 Å². The number of fused-ring (bicyclic) bond motifs is 2. The molecule has 0 saturated carbocycles. The number of nitrogens with zero attached hydrogens (tertiary/aromatic N) is 5. The van der Waals surface area contributed by atoms with Crippen LogP contribution in [0, 0.1) is 0 Å². The maximum atomic E-state index is 5.61. The normalized spacial score (nSPS) is 18.7. The van der Waals surface area contributed by atoms with Crippen molar-refractivity contribution in [2.45, 2.75) is 6.54 Å². The summed E-state index contributed by atoms with van der Waals surface area (Å²) in [6.45, 7) is 8.70. The van der Waals surface area contributed by atoms with Crippen molar-refractivity contribution in [3.05, 3.63) is 41.4 Å². The molecule has 2 aliphatic heterocycles. The molecule has 0 aliphatic carbocycles. The summed E-state index contributed by atoms with van der Waals surface area (Å²) in [6, 6.07) is 10.7. The molecule has 1 N–H and O–H groups in total. The Morgan fingerprint density at radius 1 is 1.00 bits per heavy atom. The Bertz CT molecular complexity index is 1240. The first-order valence-corrected chi connectivity index (χ1v) is 12.2.